The molecule has 0 aliphatic carbocycles. The Balaban J connectivity index is 2.38. The lowest BCUT2D eigenvalue weighted by molar-refractivity contribution is -0.0746. The van der Waals surface area contributed by atoms with E-state index < -0.39 is 0 Å². The first-order valence-electron chi connectivity index (χ1n) is 4.06. The Morgan fingerprint density at radius 2 is 2.40 bits per heavy atom. The first-order valence-corrected chi connectivity index (χ1v) is 4.06. The van der Waals surface area contributed by atoms with Crippen molar-refractivity contribution in [1.82, 2.24) is 0 Å². The predicted molar refractivity (Wildman–Crippen MR) is 41.9 cm³/mol. The summed E-state index contributed by atoms with van der Waals surface area (Å²) in [7, 11) is 0. The van der Waals surface area contributed by atoms with Crippen molar-refractivity contribution in [3.63, 3.8) is 0 Å². The van der Waals surface area contributed by atoms with Crippen LogP contribution in [0.3, 0.4) is 0 Å². The average molecular weight is 143 g/mol. The fourth-order valence-corrected chi connectivity index (χ4v) is 1.23. The molecule has 0 spiro atoms. The number of hydrogen-bond acceptors (Lipinski definition) is 2. The van der Waals surface area contributed by atoms with Crippen molar-refractivity contribution in [3.05, 3.63) is 0 Å². The molecule has 1 heterocycles. The second-order valence-corrected chi connectivity index (χ2v) is 3.41. The highest BCUT2D eigenvalue weighted by atomic mass is 16.5. The van der Waals surface area contributed by atoms with Crippen molar-refractivity contribution in [2.45, 2.75) is 44.8 Å². The van der Waals surface area contributed by atoms with Crippen molar-refractivity contribution in [2.24, 2.45) is 5.73 Å². The maximum absolute atomic E-state index is 5.69. The standard InChI is InChI=1S/C8H17NO/c1-3-8(2)5-4-7(9)6-10-8/h7H,3-6,9H2,1-2H3. The first-order chi connectivity index (χ1) is 4.66. The molecule has 1 fully saturated rings. The van der Waals surface area contributed by atoms with Gasteiger partial charge in [0.25, 0.3) is 0 Å². The van der Waals surface area contributed by atoms with Crippen LogP contribution in [-0.2, 0) is 4.74 Å². The fourth-order valence-electron chi connectivity index (χ4n) is 1.23. The van der Waals surface area contributed by atoms with Crippen LogP contribution in [0.5, 0.6) is 0 Å². The zero-order valence-electron chi connectivity index (χ0n) is 6.89. The van der Waals surface area contributed by atoms with Crippen LogP contribution in [-0.4, -0.2) is 18.2 Å². The van der Waals surface area contributed by atoms with Crippen molar-refractivity contribution < 1.29 is 4.74 Å². The van der Waals surface area contributed by atoms with E-state index in [4.69, 9.17) is 10.5 Å². The Hall–Kier alpha value is -0.0800. The van der Waals surface area contributed by atoms with E-state index >= 15 is 0 Å². The van der Waals surface area contributed by atoms with Crippen LogP contribution in [0.2, 0.25) is 0 Å². The minimum atomic E-state index is 0.121. The van der Waals surface area contributed by atoms with Gasteiger partial charge >= 0.3 is 0 Å². The fraction of sp³-hybridized carbons (Fsp3) is 1.00. The molecule has 10 heavy (non-hydrogen) atoms. The molecule has 0 aromatic rings. The Kier molecular flexibility index (Phi) is 2.32. The van der Waals surface area contributed by atoms with Gasteiger partial charge in [-0.3, -0.25) is 0 Å². The molecule has 0 amide bonds. The van der Waals surface area contributed by atoms with Crippen LogP contribution >= 0.6 is 0 Å². The Labute approximate surface area is 62.7 Å². The van der Waals surface area contributed by atoms with Crippen molar-refractivity contribution in [2.75, 3.05) is 6.61 Å². The lowest BCUT2D eigenvalue weighted by Gasteiger charge is -2.35. The SMILES string of the molecule is CCC1(C)CCC(N)CO1. The zero-order chi connectivity index (χ0) is 7.61. The summed E-state index contributed by atoms with van der Waals surface area (Å²) in [4.78, 5) is 0. The quantitative estimate of drug-likeness (QED) is 0.600. The van der Waals surface area contributed by atoms with Crippen molar-refractivity contribution in [3.8, 4) is 0 Å². The minimum absolute atomic E-state index is 0.121. The van der Waals surface area contributed by atoms with E-state index in [-0.39, 0.29) is 11.6 Å². The topological polar surface area (TPSA) is 35.2 Å². The number of ether oxygens (including phenoxy) is 1. The number of rotatable bonds is 1. The first kappa shape index (κ1) is 8.02. The van der Waals surface area contributed by atoms with Gasteiger partial charge in [-0.05, 0) is 26.2 Å². The Bertz CT molecular complexity index is 106. The largest absolute Gasteiger partial charge is 0.374 e. The van der Waals surface area contributed by atoms with E-state index in [1.54, 1.807) is 0 Å². The highest BCUT2D eigenvalue weighted by Gasteiger charge is 2.28. The summed E-state index contributed by atoms with van der Waals surface area (Å²) in [6.07, 6.45) is 3.33. The summed E-state index contributed by atoms with van der Waals surface area (Å²) in [5.74, 6) is 0. The minimum Gasteiger partial charge on any atom is -0.374 e. The van der Waals surface area contributed by atoms with Gasteiger partial charge in [0.1, 0.15) is 0 Å². The molecule has 1 saturated heterocycles. The Morgan fingerprint density at radius 1 is 1.70 bits per heavy atom. The molecule has 0 bridgehead atoms. The third-order valence-electron chi connectivity index (χ3n) is 2.44. The molecule has 1 rings (SSSR count). The van der Waals surface area contributed by atoms with Gasteiger partial charge in [0.2, 0.25) is 0 Å². The molecule has 60 valence electrons. The van der Waals surface area contributed by atoms with Crippen molar-refractivity contribution >= 4 is 0 Å². The van der Waals surface area contributed by atoms with Gasteiger partial charge in [-0.15, -0.1) is 0 Å². The molecule has 1 aliphatic rings. The highest BCUT2D eigenvalue weighted by Crippen LogP contribution is 2.26. The van der Waals surface area contributed by atoms with Gasteiger partial charge in [-0.1, -0.05) is 6.92 Å². The second-order valence-electron chi connectivity index (χ2n) is 3.41. The Morgan fingerprint density at radius 3 is 2.80 bits per heavy atom. The average Bonchev–Trinajstić information content (AvgIpc) is 1.96. The summed E-state index contributed by atoms with van der Waals surface area (Å²) in [6.45, 7) is 5.07. The summed E-state index contributed by atoms with van der Waals surface area (Å²) in [6, 6.07) is 0.277. The zero-order valence-corrected chi connectivity index (χ0v) is 6.89. The number of hydrogen-bond donors (Lipinski definition) is 1. The molecule has 0 aromatic heterocycles. The molecule has 2 N–H and O–H groups in total. The molecule has 0 radical (unpaired) electrons. The van der Waals surface area contributed by atoms with Gasteiger partial charge in [-0.2, -0.15) is 0 Å². The van der Waals surface area contributed by atoms with Gasteiger partial charge in [0.15, 0.2) is 0 Å². The van der Waals surface area contributed by atoms with E-state index in [9.17, 15) is 0 Å². The third kappa shape index (κ3) is 1.70. The normalized spacial score (nSPS) is 41.7. The van der Waals surface area contributed by atoms with Crippen LogP contribution < -0.4 is 5.73 Å². The molecule has 2 atom stereocenters. The summed E-state index contributed by atoms with van der Waals surface area (Å²) >= 11 is 0. The smallest absolute Gasteiger partial charge is 0.0653 e. The van der Waals surface area contributed by atoms with E-state index in [1.807, 2.05) is 0 Å². The maximum Gasteiger partial charge on any atom is 0.0653 e. The molecule has 1 aliphatic heterocycles. The third-order valence-corrected chi connectivity index (χ3v) is 2.44. The van der Waals surface area contributed by atoms with Crippen LogP contribution in [0.15, 0.2) is 0 Å². The van der Waals surface area contributed by atoms with Crippen LogP contribution in [0.4, 0.5) is 0 Å². The van der Waals surface area contributed by atoms with Gasteiger partial charge in [-0.25, -0.2) is 0 Å². The van der Waals surface area contributed by atoms with Crippen LogP contribution in [0.25, 0.3) is 0 Å². The van der Waals surface area contributed by atoms with E-state index in [0.717, 1.165) is 25.9 Å². The predicted octanol–water partition coefficient (Wildman–Crippen LogP) is 1.29. The summed E-state index contributed by atoms with van der Waals surface area (Å²) < 4.78 is 5.60. The van der Waals surface area contributed by atoms with Crippen LogP contribution in [0.1, 0.15) is 33.1 Å². The van der Waals surface area contributed by atoms with Gasteiger partial charge < -0.3 is 10.5 Å². The molecule has 0 aromatic carbocycles. The second kappa shape index (κ2) is 2.89. The molecule has 2 unspecified atom stereocenters. The molecule has 2 nitrogen and oxygen atoms in total. The molecular weight excluding hydrogens is 126 g/mol. The van der Waals surface area contributed by atoms with E-state index in [0.29, 0.717) is 0 Å². The van der Waals surface area contributed by atoms with E-state index in [2.05, 4.69) is 13.8 Å². The lowest BCUT2D eigenvalue weighted by atomic mass is 9.92. The molecule has 0 saturated carbocycles. The highest BCUT2D eigenvalue weighted by molar-refractivity contribution is 4.81. The summed E-state index contributed by atoms with van der Waals surface area (Å²) in [5, 5.41) is 0. The van der Waals surface area contributed by atoms with Crippen molar-refractivity contribution in [1.29, 1.82) is 0 Å². The van der Waals surface area contributed by atoms with Gasteiger partial charge in [0, 0.05) is 6.04 Å². The molecular formula is C8H17NO. The van der Waals surface area contributed by atoms with Gasteiger partial charge in [0.05, 0.1) is 12.2 Å². The summed E-state index contributed by atoms with van der Waals surface area (Å²) in [5.41, 5.74) is 5.81. The lowest BCUT2D eigenvalue weighted by Crippen LogP contribution is -2.41. The van der Waals surface area contributed by atoms with Crippen LogP contribution in [0, 0.1) is 0 Å². The number of nitrogens with two attached hydrogens (primary N) is 1. The maximum atomic E-state index is 5.69. The monoisotopic (exact) mass is 143 g/mol. The van der Waals surface area contributed by atoms with E-state index in [1.165, 1.54) is 0 Å². The molecule has 2 heteroatoms.